The fraction of sp³-hybridized carbons (Fsp3) is 0.400. The van der Waals surface area contributed by atoms with Gasteiger partial charge in [-0.1, -0.05) is 56.7 Å². The van der Waals surface area contributed by atoms with Crippen LogP contribution in [0.1, 0.15) is 62.3 Å². The summed E-state index contributed by atoms with van der Waals surface area (Å²) in [5, 5.41) is 3.18. The Morgan fingerprint density at radius 1 is 0.971 bits per heavy atom. The van der Waals surface area contributed by atoms with Gasteiger partial charge in [0.15, 0.2) is 0 Å². The average molecular weight is 456 g/mol. The number of hydrogen-bond acceptors (Lipinski definition) is 3. The topological polar surface area (TPSA) is 45.2 Å². The first-order valence-corrected chi connectivity index (χ1v) is 12.6. The Balaban J connectivity index is 1.48. The third-order valence-electron chi connectivity index (χ3n) is 6.61. The Kier molecular flexibility index (Phi) is 8.12. The average Bonchev–Trinajstić information content (AvgIpc) is 2.84. The first kappa shape index (κ1) is 24.2. The zero-order chi connectivity index (χ0) is 23.9. The van der Waals surface area contributed by atoms with Gasteiger partial charge < -0.3 is 5.32 Å². The summed E-state index contributed by atoms with van der Waals surface area (Å²) in [6.45, 7) is 9.69. The summed E-state index contributed by atoms with van der Waals surface area (Å²) in [5.74, 6) is 0.332. The second-order valence-corrected chi connectivity index (χ2v) is 10.0. The molecule has 0 saturated carbocycles. The lowest BCUT2D eigenvalue weighted by Crippen LogP contribution is -2.29. The number of aryl methyl sites for hydroxylation is 1. The highest BCUT2D eigenvalue weighted by Crippen LogP contribution is 2.28. The molecule has 0 radical (unpaired) electrons. The van der Waals surface area contributed by atoms with E-state index in [2.05, 4.69) is 71.5 Å². The Morgan fingerprint density at radius 3 is 2.44 bits per heavy atom. The molecule has 4 heteroatoms. The Labute approximate surface area is 204 Å². The van der Waals surface area contributed by atoms with Gasteiger partial charge in [0.05, 0.1) is 5.92 Å². The van der Waals surface area contributed by atoms with Crippen molar-refractivity contribution in [3.05, 3.63) is 83.7 Å². The standard InChI is InChI=1S/C30H37N3O/c1-22(2)18-29(27-9-7-8-24(20-27)21-33-16-5-4-6-17-33)30(34)32-28-12-10-25(11-13-28)26-14-15-31-23(3)19-26/h7-15,19-20,22,29H,4-6,16-18,21H2,1-3H3,(H,32,34). The number of rotatable bonds is 8. The predicted molar refractivity (Wildman–Crippen MR) is 141 cm³/mol. The number of benzene rings is 2. The van der Waals surface area contributed by atoms with Gasteiger partial charge in [-0.05, 0) is 91.7 Å². The molecule has 1 saturated heterocycles. The molecule has 0 aliphatic carbocycles. The van der Waals surface area contributed by atoms with E-state index in [0.717, 1.165) is 41.0 Å². The highest BCUT2D eigenvalue weighted by atomic mass is 16.1. The molecule has 4 rings (SSSR count). The summed E-state index contributed by atoms with van der Waals surface area (Å²) in [5.41, 5.74) is 6.50. The summed E-state index contributed by atoms with van der Waals surface area (Å²) < 4.78 is 0. The number of likely N-dealkylation sites (tertiary alicyclic amines) is 1. The Morgan fingerprint density at radius 2 is 1.74 bits per heavy atom. The molecule has 2 aromatic carbocycles. The number of carbonyl (C=O) groups excluding carboxylic acids is 1. The van der Waals surface area contributed by atoms with Gasteiger partial charge >= 0.3 is 0 Å². The number of nitrogens with one attached hydrogen (secondary N) is 1. The van der Waals surface area contributed by atoms with Gasteiger partial charge in [0.25, 0.3) is 0 Å². The van der Waals surface area contributed by atoms with Gasteiger partial charge in [-0.15, -0.1) is 0 Å². The second kappa shape index (κ2) is 11.4. The SMILES string of the molecule is Cc1cc(-c2ccc(NC(=O)C(CC(C)C)c3cccc(CN4CCCCC4)c3)cc2)ccn1. The lowest BCUT2D eigenvalue weighted by Gasteiger charge is -2.27. The molecule has 4 nitrogen and oxygen atoms in total. The van der Waals surface area contributed by atoms with Gasteiger partial charge in [0.2, 0.25) is 5.91 Å². The minimum Gasteiger partial charge on any atom is -0.326 e. The molecule has 1 aliphatic rings. The van der Waals surface area contributed by atoms with Crippen LogP contribution < -0.4 is 5.32 Å². The molecule has 34 heavy (non-hydrogen) atoms. The van der Waals surface area contributed by atoms with Gasteiger partial charge in [-0.2, -0.15) is 0 Å². The van der Waals surface area contributed by atoms with Gasteiger partial charge in [0.1, 0.15) is 0 Å². The smallest absolute Gasteiger partial charge is 0.231 e. The van der Waals surface area contributed by atoms with E-state index < -0.39 is 0 Å². The lowest BCUT2D eigenvalue weighted by molar-refractivity contribution is -0.117. The number of amides is 1. The zero-order valence-electron chi connectivity index (χ0n) is 20.8. The quantitative estimate of drug-likeness (QED) is 0.406. The normalized spacial score (nSPS) is 15.3. The van der Waals surface area contributed by atoms with E-state index in [1.54, 1.807) is 0 Å². The number of carbonyl (C=O) groups is 1. The fourth-order valence-electron chi connectivity index (χ4n) is 4.85. The maximum absolute atomic E-state index is 13.4. The van der Waals surface area contributed by atoms with Crippen molar-refractivity contribution in [1.29, 1.82) is 0 Å². The number of piperidine rings is 1. The van der Waals surface area contributed by atoms with Crippen LogP contribution in [0.5, 0.6) is 0 Å². The largest absolute Gasteiger partial charge is 0.326 e. The number of nitrogens with zero attached hydrogens (tertiary/aromatic N) is 2. The summed E-state index contributed by atoms with van der Waals surface area (Å²) in [6.07, 6.45) is 6.58. The molecule has 1 N–H and O–H groups in total. The van der Waals surface area contributed by atoms with Gasteiger partial charge in [-0.3, -0.25) is 14.7 Å². The van der Waals surface area contributed by atoms with Crippen molar-refractivity contribution >= 4 is 11.6 Å². The molecule has 1 amide bonds. The minimum atomic E-state index is -0.163. The lowest BCUT2D eigenvalue weighted by atomic mass is 9.88. The molecule has 178 valence electrons. The second-order valence-electron chi connectivity index (χ2n) is 10.0. The van der Waals surface area contributed by atoms with Crippen LogP contribution in [0.25, 0.3) is 11.1 Å². The van der Waals surface area contributed by atoms with Crippen LogP contribution in [0.3, 0.4) is 0 Å². The number of hydrogen-bond donors (Lipinski definition) is 1. The van der Waals surface area contributed by atoms with E-state index in [4.69, 9.17) is 0 Å². The maximum Gasteiger partial charge on any atom is 0.231 e. The number of aromatic nitrogens is 1. The molecule has 1 atom stereocenters. The van der Waals surface area contributed by atoms with Crippen molar-refractivity contribution in [2.75, 3.05) is 18.4 Å². The van der Waals surface area contributed by atoms with E-state index in [1.165, 1.54) is 37.9 Å². The van der Waals surface area contributed by atoms with E-state index in [0.29, 0.717) is 5.92 Å². The van der Waals surface area contributed by atoms with Crippen molar-refractivity contribution < 1.29 is 4.79 Å². The Hall–Kier alpha value is -2.98. The summed E-state index contributed by atoms with van der Waals surface area (Å²) in [4.78, 5) is 20.2. The molecular weight excluding hydrogens is 418 g/mol. The summed E-state index contributed by atoms with van der Waals surface area (Å²) >= 11 is 0. The number of pyridine rings is 1. The molecule has 1 unspecified atom stereocenters. The molecular formula is C30H37N3O. The van der Waals surface area contributed by atoms with E-state index in [1.807, 2.05) is 31.3 Å². The van der Waals surface area contributed by atoms with E-state index >= 15 is 0 Å². The first-order chi connectivity index (χ1) is 16.5. The summed E-state index contributed by atoms with van der Waals surface area (Å²) in [7, 11) is 0. The van der Waals surface area contributed by atoms with Crippen molar-refractivity contribution in [3.8, 4) is 11.1 Å². The van der Waals surface area contributed by atoms with Crippen LogP contribution in [0, 0.1) is 12.8 Å². The maximum atomic E-state index is 13.4. The number of anilines is 1. The molecule has 1 aromatic heterocycles. The highest BCUT2D eigenvalue weighted by Gasteiger charge is 2.23. The van der Waals surface area contributed by atoms with Crippen molar-refractivity contribution in [3.63, 3.8) is 0 Å². The van der Waals surface area contributed by atoms with E-state index in [-0.39, 0.29) is 11.8 Å². The van der Waals surface area contributed by atoms with Crippen molar-refractivity contribution in [2.45, 2.75) is 58.9 Å². The molecule has 1 fully saturated rings. The van der Waals surface area contributed by atoms with Crippen LogP contribution in [0.2, 0.25) is 0 Å². The zero-order valence-corrected chi connectivity index (χ0v) is 20.8. The van der Waals surface area contributed by atoms with Crippen LogP contribution >= 0.6 is 0 Å². The fourth-order valence-corrected chi connectivity index (χ4v) is 4.85. The monoisotopic (exact) mass is 455 g/mol. The highest BCUT2D eigenvalue weighted by molar-refractivity contribution is 5.96. The van der Waals surface area contributed by atoms with Gasteiger partial charge in [0, 0.05) is 24.1 Å². The van der Waals surface area contributed by atoms with Crippen molar-refractivity contribution in [1.82, 2.24) is 9.88 Å². The minimum absolute atomic E-state index is 0.0660. The summed E-state index contributed by atoms with van der Waals surface area (Å²) in [6, 6.07) is 20.8. The van der Waals surface area contributed by atoms with Crippen LogP contribution in [-0.4, -0.2) is 28.9 Å². The van der Waals surface area contributed by atoms with Crippen LogP contribution in [0.4, 0.5) is 5.69 Å². The molecule has 1 aliphatic heterocycles. The van der Waals surface area contributed by atoms with Crippen LogP contribution in [-0.2, 0) is 11.3 Å². The third kappa shape index (κ3) is 6.54. The predicted octanol–water partition coefficient (Wildman–Crippen LogP) is 6.81. The molecule has 0 spiro atoms. The third-order valence-corrected chi connectivity index (χ3v) is 6.61. The molecule has 2 heterocycles. The van der Waals surface area contributed by atoms with Crippen molar-refractivity contribution in [2.24, 2.45) is 5.92 Å². The van der Waals surface area contributed by atoms with Crippen LogP contribution in [0.15, 0.2) is 66.9 Å². The first-order valence-electron chi connectivity index (χ1n) is 12.6. The van der Waals surface area contributed by atoms with E-state index in [9.17, 15) is 4.79 Å². The molecule has 0 bridgehead atoms. The van der Waals surface area contributed by atoms with Gasteiger partial charge in [-0.25, -0.2) is 0 Å². The Bertz CT molecular complexity index is 1080. The molecule has 3 aromatic rings.